The number of nitrogens with one attached hydrogen (secondary N) is 2. The highest BCUT2D eigenvalue weighted by Gasteiger charge is 2.18. The molecule has 0 unspecified atom stereocenters. The van der Waals surface area contributed by atoms with Crippen LogP contribution in [0.25, 0.3) is 0 Å². The van der Waals surface area contributed by atoms with Crippen molar-refractivity contribution in [2.75, 3.05) is 29.9 Å². The van der Waals surface area contributed by atoms with Gasteiger partial charge in [0.1, 0.15) is 11.5 Å². The molecule has 60 heavy (non-hydrogen) atoms. The molecule has 4 heterocycles. The number of hydrogen-bond donors (Lipinski definition) is 4. The molecule has 0 bridgehead atoms. The number of hydrogen-bond acceptors (Lipinski definition) is 11. The highest BCUT2D eigenvalue weighted by Crippen LogP contribution is 2.25. The summed E-state index contributed by atoms with van der Waals surface area (Å²) in [6.07, 6.45) is 24.0. The van der Waals surface area contributed by atoms with E-state index in [1.807, 2.05) is 27.7 Å². The van der Waals surface area contributed by atoms with Gasteiger partial charge in [0.2, 0.25) is 17.8 Å². The molecule has 0 saturated carbocycles. The van der Waals surface area contributed by atoms with Crippen LogP contribution in [0, 0.1) is 0 Å². The van der Waals surface area contributed by atoms with Gasteiger partial charge in [-0.2, -0.15) is 10.2 Å². The van der Waals surface area contributed by atoms with Gasteiger partial charge in [-0.25, -0.2) is 23.5 Å². The number of azo groups is 2. The summed E-state index contributed by atoms with van der Waals surface area (Å²) in [4.78, 5) is 26.1. The van der Waals surface area contributed by atoms with Crippen LogP contribution in [0.1, 0.15) is 119 Å². The number of unbranched alkanes of at least 4 members (excludes halogenated alkanes) is 6. The summed E-state index contributed by atoms with van der Waals surface area (Å²) in [7, 11) is 0. The monoisotopic (exact) mass is 964 g/mol. The Morgan fingerprint density at radius 2 is 1.20 bits per heavy atom. The summed E-state index contributed by atoms with van der Waals surface area (Å²) in [5, 5.41) is 32.6. The average molecular weight is 967 g/mol. The van der Waals surface area contributed by atoms with E-state index < -0.39 is 0 Å². The Morgan fingerprint density at radius 3 is 1.68 bits per heavy atom. The Morgan fingerprint density at radius 1 is 0.683 bits per heavy atom. The number of anilines is 2. The number of amides is 2. The second kappa shape index (κ2) is 32.3. The van der Waals surface area contributed by atoms with Gasteiger partial charge in [-0.15, -0.1) is 10.2 Å². The predicted octanol–water partition coefficient (Wildman–Crippen LogP) is 5.47. The molecule has 18 nitrogen and oxygen atoms in total. The number of halogens is 2. The van der Waals surface area contributed by atoms with Crippen molar-refractivity contribution < 1.29 is 31.1 Å². The first kappa shape index (κ1) is 53.6. The van der Waals surface area contributed by atoms with Crippen LogP contribution in [0.2, 0.25) is 0 Å². The Kier molecular flexibility index (Phi) is 28.9. The predicted molar refractivity (Wildman–Crippen MR) is 238 cm³/mol. The first-order valence-electron chi connectivity index (χ1n) is 21.2. The van der Waals surface area contributed by atoms with Crippen LogP contribution in [0.15, 0.2) is 57.6 Å². The third kappa shape index (κ3) is 20.7. The Balaban J connectivity index is 0.000000545. The van der Waals surface area contributed by atoms with Gasteiger partial charge >= 0.3 is 5.95 Å². The lowest BCUT2D eigenvalue weighted by molar-refractivity contribution is -0.683. The van der Waals surface area contributed by atoms with Crippen molar-refractivity contribution in [3.63, 3.8) is 0 Å². The molecule has 4 aromatic rings. The number of alkyl halides is 1. The molecule has 4 rings (SSSR count). The van der Waals surface area contributed by atoms with Crippen molar-refractivity contribution in [3.05, 3.63) is 37.2 Å². The van der Waals surface area contributed by atoms with Crippen molar-refractivity contribution in [1.29, 1.82) is 0 Å². The second-order valence-electron chi connectivity index (χ2n) is 14.1. The summed E-state index contributed by atoms with van der Waals surface area (Å²) < 4.78 is 9.58. The molecule has 2 amide bonds. The van der Waals surface area contributed by atoms with Crippen molar-refractivity contribution in [3.8, 4) is 0 Å². The first-order valence-corrected chi connectivity index (χ1v) is 22.3. The lowest BCUT2D eigenvalue weighted by atomic mass is 10.2. The van der Waals surface area contributed by atoms with Gasteiger partial charge in [0.25, 0.3) is 0 Å². The zero-order valence-corrected chi connectivity index (χ0v) is 39.9. The molecular weight excluding hydrogens is 896 g/mol. The van der Waals surface area contributed by atoms with Gasteiger partial charge in [0, 0.05) is 69.4 Å². The Bertz CT molecular complexity index is 1810. The summed E-state index contributed by atoms with van der Waals surface area (Å²) in [5.74, 6) is 2.30. The average Bonchev–Trinajstić information content (AvgIpc) is 4.01. The highest BCUT2D eigenvalue weighted by molar-refractivity contribution is 9.09. The van der Waals surface area contributed by atoms with Gasteiger partial charge in [0.15, 0.2) is 11.5 Å². The minimum atomic E-state index is -0.0299. The first-order chi connectivity index (χ1) is 28.6. The van der Waals surface area contributed by atoms with E-state index >= 15 is 0 Å². The van der Waals surface area contributed by atoms with Crippen molar-refractivity contribution >= 4 is 62.7 Å². The molecule has 0 aromatic carbocycles. The molecule has 0 aliphatic carbocycles. The molecular formula is C40H70Br2N16O2. The fourth-order valence-electron chi connectivity index (χ4n) is 5.63. The highest BCUT2D eigenvalue weighted by atomic mass is 79.9. The van der Waals surface area contributed by atoms with Crippen LogP contribution in [-0.2, 0) is 42.3 Å². The van der Waals surface area contributed by atoms with E-state index in [2.05, 4.69) is 94.5 Å². The van der Waals surface area contributed by atoms with Crippen LogP contribution < -0.4 is 43.6 Å². The summed E-state index contributed by atoms with van der Waals surface area (Å²) >= 11 is 3.25. The van der Waals surface area contributed by atoms with Crippen LogP contribution in [-0.4, -0.2) is 63.9 Å². The van der Waals surface area contributed by atoms with Gasteiger partial charge < -0.3 is 43.6 Å². The molecule has 336 valence electrons. The van der Waals surface area contributed by atoms with Gasteiger partial charge in [0.05, 0.1) is 37.9 Å². The van der Waals surface area contributed by atoms with Crippen molar-refractivity contribution in [1.82, 2.24) is 44.3 Å². The fraction of sp³-hybridized carbons (Fsp3) is 0.650. The maximum Gasteiger partial charge on any atom is 0.421 e. The summed E-state index contributed by atoms with van der Waals surface area (Å²) in [5.41, 5.74) is 13.5. The Labute approximate surface area is 375 Å². The molecule has 20 heteroatoms. The normalized spacial score (nSPS) is 10.9. The van der Waals surface area contributed by atoms with Crippen molar-refractivity contribution in [2.24, 2.45) is 20.5 Å². The van der Waals surface area contributed by atoms with E-state index in [4.69, 9.17) is 11.5 Å². The quantitative estimate of drug-likeness (QED) is 0.0290. The van der Waals surface area contributed by atoms with E-state index in [-0.39, 0.29) is 28.8 Å². The van der Waals surface area contributed by atoms with Crippen LogP contribution in [0.5, 0.6) is 0 Å². The maximum absolute atomic E-state index is 11.0. The van der Waals surface area contributed by atoms with E-state index in [0.717, 1.165) is 69.6 Å². The Hall–Kier alpha value is -4.46. The molecule has 4 aromatic heterocycles. The number of nitrogens with two attached hydrogens (primary N) is 2. The van der Waals surface area contributed by atoms with Crippen LogP contribution in [0.3, 0.4) is 0 Å². The molecule has 6 N–H and O–H groups in total. The number of aryl methyl sites for hydroxylation is 5. The molecule has 0 fully saturated rings. The van der Waals surface area contributed by atoms with E-state index in [1.54, 1.807) is 28.0 Å². The number of rotatable bonds is 25. The number of aromatic nitrogens is 8. The number of carbonyl (C=O) groups excluding carboxylic acids is 2. The third-order valence-electron chi connectivity index (χ3n) is 8.85. The van der Waals surface area contributed by atoms with Gasteiger partial charge in [-0.1, -0.05) is 87.3 Å². The van der Waals surface area contributed by atoms with Gasteiger partial charge in [-0.05, 0) is 38.5 Å². The maximum atomic E-state index is 11.0. The van der Waals surface area contributed by atoms with E-state index in [9.17, 15) is 9.59 Å². The fourth-order valence-corrected chi connectivity index (χ4v) is 5.63. The molecule has 0 aliphatic heterocycles. The zero-order valence-electron chi connectivity index (χ0n) is 36.7. The lowest BCUT2D eigenvalue weighted by Crippen LogP contribution is -3.00. The number of imidazole rings is 2. The van der Waals surface area contributed by atoms with Crippen molar-refractivity contribution in [2.45, 2.75) is 151 Å². The summed E-state index contributed by atoms with van der Waals surface area (Å²) in [6.45, 7) is 16.8. The van der Waals surface area contributed by atoms with Gasteiger partial charge in [-0.3, -0.25) is 9.59 Å². The van der Waals surface area contributed by atoms with Crippen LogP contribution >= 0.6 is 15.9 Å². The second-order valence-corrected chi connectivity index (χ2v) is 14.9. The van der Waals surface area contributed by atoms with E-state index in [0.29, 0.717) is 48.6 Å². The largest absolute Gasteiger partial charge is 1.00 e. The van der Waals surface area contributed by atoms with E-state index in [1.165, 1.54) is 58.8 Å². The number of carbonyl (C=O) groups is 2. The zero-order chi connectivity index (χ0) is 43.3. The number of nitrogens with zero attached hydrogens (tertiary/aromatic N) is 12. The standard InChI is InChI=1S/C20H34N8O.C17H28N8O.C3H7Br.BrH/c1-4-6-7-8-13-28-19(21)18(16-23-28)24-25-20-26(11-5-2)14-15-27(20)12-9-10-22-17(3)29;1-3-4-5-6-11-25-16(18)15(13-21-25)22-23-17-20-9-12-24(17)10-7-8-19-14(2)26;1-2-3-4;/h14-16,21H,4-13H2,1-3H3,(H,22,29);9,12-13H,3-8,10-11,18H2,1-2H3,(H,19,26);2-3H2,1H3;1H. The number of nitrogen functional groups attached to an aromatic ring is 2. The topological polar surface area (TPSA) is 222 Å². The molecule has 0 atom stereocenters. The molecule has 0 aliphatic rings. The molecule has 0 saturated heterocycles. The third-order valence-corrected chi connectivity index (χ3v) is 9.64. The lowest BCUT2D eigenvalue weighted by Gasteiger charge is -2.05. The smallest absolute Gasteiger partial charge is 0.421 e. The SMILES string of the molecule is CCCBr.CCCCCCn1ncc(N=Nc2n(CCCNC(C)=O)cc[n+]2CCC)c1N.CCCCCCn1ncc(N=Nc2nccn2CCCNC(C)=O)c1N.[Br-]. The summed E-state index contributed by atoms with van der Waals surface area (Å²) in [6, 6.07) is 0. The molecule has 0 spiro atoms. The minimum absolute atomic E-state index is 0. The molecule has 0 radical (unpaired) electrons. The minimum Gasteiger partial charge on any atom is -1.00 e. The van der Waals surface area contributed by atoms with Crippen LogP contribution in [0.4, 0.5) is 34.9 Å².